The molecule has 1 aliphatic heterocycles. The van der Waals surface area contributed by atoms with E-state index < -0.39 is 17.7 Å². The number of carboxylic acids is 1. The number of aliphatic hydroxyl groups is 1. The Morgan fingerprint density at radius 3 is 2.38 bits per heavy atom. The van der Waals surface area contributed by atoms with E-state index in [1.807, 2.05) is 20.8 Å². The summed E-state index contributed by atoms with van der Waals surface area (Å²) < 4.78 is 19.0. The fourth-order valence-electron chi connectivity index (χ4n) is 12.1. The first kappa shape index (κ1) is 30.6. The number of amides is 1. The predicted molar refractivity (Wildman–Crippen MR) is 158 cm³/mol. The summed E-state index contributed by atoms with van der Waals surface area (Å²) in [5.41, 5.74) is -0.0140. The maximum absolute atomic E-state index is 12.8. The lowest BCUT2D eigenvalue weighted by Crippen LogP contribution is -2.55. The van der Waals surface area contributed by atoms with Crippen molar-refractivity contribution in [2.24, 2.45) is 45.3 Å². The van der Waals surface area contributed by atoms with Crippen LogP contribution in [0.4, 0.5) is 4.79 Å². The van der Waals surface area contributed by atoms with Gasteiger partial charge in [-0.1, -0.05) is 20.8 Å². The molecule has 0 radical (unpaired) electrons. The van der Waals surface area contributed by atoms with E-state index in [1.54, 1.807) is 0 Å². The second-order valence-corrected chi connectivity index (χ2v) is 16.5. The Kier molecular flexibility index (Phi) is 7.34. The zero-order valence-corrected chi connectivity index (χ0v) is 27.0. The molecule has 0 aromatic heterocycles. The molecule has 42 heavy (non-hydrogen) atoms. The zero-order chi connectivity index (χ0) is 30.5. The van der Waals surface area contributed by atoms with Crippen molar-refractivity contribution in [1.82, 2.24) is 4.90 Å². The highest BCUT2D eigenvalue weighted by atomic mass is 16.6. The molecular weight excluding hydrogens is 534 g/mol. The van der Waals surface area contributed by atoms with E-state index in [-0.39, 0.29) is 36.4 Å². The molecule has 1 saturated heterocycles. The number of fused-ring (bicyclic) bond motifs is 4. The lowest BCUT2D eigenvalue weighted by molar-refractivity contribution is -0.193. The second-order valence-electron chi connectivity index (χ2n) is 16.5. The number of carbonyl (C=O) groups is 2. The molecule has 1 amide bonds. The first-order valence-corrected chi connectivity index (χ1v) is 16.7. The summed E-state index contributed by atoms with van der Waals surface area (Å²) in [5.74, 6) is 1.48. The van der Waals surface area contributed by atoms with Gasteiger partial charge in [-0.25, -0.2) is 4.79 Å². The molecule has 6 unspecified atom stereocenters. The maximum atomic E-state index is 12.8. The minimum absolute atomic E-state index is 0.0553. The lowest BCUT2D eigenvalue weighted by atomic mass is 9.46. The molecule has 5 saturated carbocycles. The summed E-state index contributed by atoms with van der Waals surface area (Å²) in [5, 5.41) is 20.0. The van der Waals surface area contributed by atoms with E-state index >= 15 is 0 Å². The van der Waals surface area contributed by atoms with Crippen LogP contribution in [-0.2, 0) is 19.0 Å². The molecular formula is C34H55NO7. The maximum Gasteiger partial charge on any atom is 0.410 e. The number of rotatable bonds is 7. The van der Waals surface area contributed by atoms with Gasteiger partial charge in [0.1, 0.15) is 18.8 Å². The monoisotopic (exact) mass is 589 g/mol. The highest BCUT2D eigenvalue weighted by Crippen LogP contribution is 2.87. The third kappa shape index (κ3) is 4.39. The van der Waals surface area contributed by atoms with Crippen LogP contribution in [0.25, 0.3) is 0 Å². The fourth-order valence-corrected chi connectivity index (χ4v) is 12.1. The van der Waals surface area contributed by atoms with E-state index in [0.29, 0.717) is 40.6 Å². The molecule has 6 aliphatic rings. The number of ether oxygens (including phenoxy) is 3. The normalized spacial score (nSPS) is 45.8. The van der Waals surface area contributed by atoms with Crippen molar-refractivity contribution in [3.05, 3.63) is 0 Å². The van der Waals surface area contributed by atoms with Crippen LogP contribution in [0.3, 0.4) is 0 Å². The van der Waals surface area contributed by atoms with Gasteiger partial charge in [0.25, 0.3) is 0 Å². The molecule has 1 heterocycles. The topological polar surface area (TPSA) is 106 Å². The van der Waals surface area contributed by atoms with Gasteiger partial charge in [0.2, 0.25) is 0 Å². The molecule has 11 atom stereocenters. The van der Waals surface area contributed by atoms with Gasteiger partial charge in [-0.3, -0.25) is 4.79 Å². The van der Waals surface area contributed by atoms with Crippen molar-refractivity contribution >= 4 is 12.1 Å². The fraction of sp³-hybridized carbons (Fsp3) is 0.941. The van der Waals surface area contributed by atoms with Gasteiger partial charge >= 0.3 is 12.1 Å². The lowest BCUT2D eigenvalue weighted by Gasteiger charge is -2.59. The molecule has 238 valence electrons. The van der Waals surface area contributed by atoms with Crippen LogP contribution in [0.5, 0.6) is 0 Å². The molecule has 8 nitrogen and oxygen atoms in total. The number of aliphatic carboxylic acids is 1. The van der Waals surface area contributed by atoms with E-state index in [4.69, 9.17) is 19.3 Å². The molecule has 0 aromatic rings. The number of likely N-dealkylation sites (N-methyl/N-ethyl adjacent to an activating group) is 1. The van der Waals surface area contributed by atoms with E-state index in [2.05, 4.69) is 20.8 Å². The molecule has 6 rings (SSSR count). The average Bonchev–Trinajstić information content (AvgIpc) is 3.47. The molecule has 8 heteroatoms. The first-order chi connectivity index (χ1) is 19.6. The van der Waals surface area contributed by atoms with Crippen molar-refractivity contribution in [1.29, 1.82) is 0 Å². The molecule has 0 aromatic carbocycles. The summed E-state index contributed by atoms with van der Waals surface area (Å²) in [6.07, 6.45) is 10.7. The number of carbonyl (C=O) groups excluding carboxylic acids is 1. The van der Waals surface area contributed by atoms with Gasteiger partial charge in [0.15, 0.2) is 0 Å². The van der Waals surface area contributed by atoms with E-state index in [9.17, 15) is 14.7 Å². The van der Waals surface area contributed by atoms with E-state index in [1.165, 1.54) is 44.1 Å². The third-order valence-electron chi connectivity index (χ3n) is 13.9. The van der Waals surface area contributed by atoms with Crippen molar-refractivity contribution in [3.8, 4) is 0 Å². The minimum atomic E-state index is -1.03. The number of nitrogens with zero attached hydrogens (tertiary/aromatic N) is 1. The summed E-state index contributed by atoms with van der Waals surface area (Å²) in [4.78, 5) is 25.1. The van der Waals surface area contributed by atoms with Crippen LogP contribution in [0.1, 0.15) is 106 Å². The van der Waals surface area contributed by atoms with Gasteiger partial charge < -0.3 is 29.3 Å². The summed E-state index contributed by atoms with van der Waals surface area (Å²) in [6, 6.07) is 0. The number of hydrogen-bond acceptors (Lipinski definition) is 6. The Morgan fingerprint density at radius 2 is 1.71 bits per heavy atom. The van der Waals surface area contributed by atoms with Crippen molar-refractivity contribution in [2.45, 2.75) is 136 Å². The number of hydrogen-bond donors (Lipinski definition) is 2. The zero-order valence-electron chi connectivity index (χ0n) is 27.0. The Balaban J connectivity index is 1.18. The molecule has 2 N–H and O–H groups in total. The Hall–Kier alpha value is -1.38. The smallest absolute Gasteiger partial charge is 0.410 e. The van der Waals surface area contributed by atoms with Crippen LogP contribution in [0.2, 0.25) is 0 Å². The van der Waals surface area contributed by atoms with Crippen molar-refractivity contribution in [2.75, 3.05) is 20.2 Å². The van der Waals surface area contributed by atoms with E-state index in [0.717, 1.165) is 38.0 Å². The van der Waals surface area contributed by atoms with Crippen LogP contribution < -0.4 is 0 Å². The number of carboxylic acid groups (broad SMARTS) is 1. The van der Waals surface area contributed by atoms with Crippen LogP contribution in [0.15, 0.2) is 0 Å². The van der Waals surface area contributed by atoms with Crippen LogP contribution >= 0.6 is 0 Å². The van der Waals surface area contributed by atoms with Crippen molar-refractivity contribution < 1.29 is 34.0 Å². The highest BCUT2D eigenvalue weighted by Gasteiger charge is 2.81. The molecule has 0 bridgehead atoms. The molecule has 2 spiro atoms. The Labute approximate surface area is 252 Å². The summed E-state index contributed by atoms with van der Waals surface area (Å²) in [7, 11) is 1.50. The molecule has 6 fully saturated rings. The second kappa shape index (κ2) is 10.1. The summed E-state index contributed by atoms with van der Waals surface area (Å²) >= 11 is 0. The summed E-state index contributed by atoms with van der Waals surface area (Å²) in [6.45, 7) is 13.1. The van der Waals surface area contributed by atoms with Crippen molar-refractivity contribution in [3.63, 3.8) is 0 Å². The standard InChI is InChI=1S/C34H55NO7/c1-8-40-28(31(4,5)39)23-11-9-21-24(41-23)17-22-20-10-12-25-30(2,3)26(42-29(38)35(7)18-27(36)37)13-14-34(25)19-33(20,34)16-15-32(21,22)6/h20-26,28,39H,8-19H2,1-7H3,(H,36,37)/t20?,21?,22?,23?,24?,25?,26-,28-,32+,33-,34+/m0/s1. The van der Waals surface area contributed by atoms with Gasteiger partial charge in [0.05, 0.1) is 17.8 Å². The SMILES string of the molecule is CCO[C@@H](C1CCC2C(CC3C4CCC5C(C)(C)[C@@H](OC(=O)N(C)CC(=O)O)CC[C@@]56C[C@@]46CC[C@]23C)O1)C(C)(C)O. The Bertz CT molecular complexity index is 1090. The minimum Gasteiger partial charge on any atom is -0.480 e. The molecule has 5 aliphatic carbocycles. The predicted octanol–water partition coefficient (Wildman–Crippen LogP) is 5.89. The average molecular weight is 590 g/mol. The first-order valence-electron chi connectivity index (χ1n) is 16.7. The third-order valence-corrected chi connectivity index (χ3v) is 13.9. The van der Waals surface area contributed by atoms with Crippen LogP contribution in [-0.4, -0.2) is 77.4 Å². The Morgan fingerprint density at radius 1 is 1.00 bits per heavy atom. The largest absolute Gasteiger partial charge is 0.480 e. The van der Waals surface area contributed by atoms with Gasteiger partial charge in [-0.05, 0) is 125 Å². The van der Waals surface area contributed by atoms with Gasteiger partial charge in [-0.2, -0.15) is 0 Å². The van der Waals surface area contributed by atoms with Gasteiger partial charge in [-0.15, -0.1) is 0 Å². The van der Waals surface area contributed by atoms with Crippen LogP contribution in [0, 0.1) is 45.3 Å². The quantitative estimate of drug-likeness (QED) is 0.381. The highest BCUT2D eigenvalue weighted by molar-refractivity contribution is 5.76. The van der Waals surface area contributed by atoms with Gasteiger partial charge in [0, 0.05) is 19.1 Å².